The summed E-state index contributed by atoms with van der Waals surface area (Å²) >= 11 is 0. The van der Waals surface area contributed by atoms with E-state index in [1.165, 1.54) is 23.1 Å². The van der Waals surface area contributed by atoms with Gasteiger partial charge in [0.2, 0.25) is 0 Å². The van der Waals surface area contributed by atoms with Gasteiger partial charge in [0.25, 0.3) is 5.91 Å². The number of carboxylic acids is 1. The molecule has 1 atom stereocenters. The number of nitrogens with zero attached hydrogens (tertiary/aromatic N) is 2. The van der Waals surface area contributed by atoms with Crippen LogP contribution in [-0.4, -0.2) is 71.9 Å². The molecule has 0 aromatic carbocycles. The van der Waals surface area contributed by atoms with Gasteiger partial charge in [-0.2, -0.15) is 13.2 Å². The lowest BCUT2D eigenvalue weighted by Crippen LogP contribution is -2.55. The summed E-state index contributed by atoms with van der Waals surface area (Å²) in [7, 11) is 0. The predicted octanol–water partition coefficient (Wildman–Crippen LogP) is 0.773. The van der Waals surface area contributed by atoms with Crippen LogP contribution in [-0.2, 0) is 4.74 Å². The van der Waals surface area contributed by atoms with Crippen molar-refractivity contribution in [3.63, 3.8) is 0 Å². The van der Waals surface area contributed by atoms with E-state index < -0.39 is 30.6 Å². The van der Waals surface area contributed by atoms with E-state index in [2.05, 4.69) is 10.3 Å². The van der Waals surface area contributed by atoms with E-state index in [1.807, 2.05) is 0 Å². The summed E-state index contributed by atoms with van der Waals surface area (Å²) in [6.45, 7) is -0.0214. The number of morpholine rings is 1. The molecule has 1 aromatic rings. The maximum Gasteiger partial charge on any atom is 0.405 e. The number of carbonyl (C=O) groups is 2. The van der Waals surface area contributed by atoms with E-state index in [1.54, 1.807) is 0 Å². The maximum absolute atomic E-state index is 13.2. The summed E-state index contributed by atoms with van der Waals surface area (Å²) in [6, 6.07) is 1.88. The Morgan fingerprint density at radius 3 is 2.50 bits per heavy atom. The Morgan fingerprint density at radius 2 is 1.92 bits per heavy atom. The van der Waals surface area contributed by atoms with E-state index >= 15 is 0 Å². The predicted molar refractivity (Wildman–Crippen MR) is 75.8 cm³/mol. The molecule has 1 aromatic heterocycles. The number of nitrogens with one attached hydrogen (secondary N) is 1. The van der Waals surface area contributed by atoms with Crippen molar-refractivity contribution in [3.8, 4) is 0 Å². The number of carbonyl (C=O) groups excluding carboxylic acids is 1. The van der Waals surface area contributed by atoms with Gasteiger partial charge in [-0.25, -0.2) is 9.78 Å². The van der Waals surface area contributed by atoms with Crippen LogP contribution in [0.5, 0.6) is 0 Å². The number of amides is 1. The number of halogens is 3. The first-order chi connectivity index (χ1) is 11.3. The molecule has 2 rings (SSSR count). The molecule has 7 nitrogen and oxygen atoms in total. The van der Waals surface area contributed by atoms with E-state index in [-0.39, 0.29) is 37.7 Å². The molecule has 1 amide bonds. The van der Waals surface area contributed by atoms with Gasteiger partial charge < -0.3 is 15.2 Å². The lowest BCUT2D eigenvalue weighted by atomic mass is 10.2. The number of aromatic carboxylic acids is 1. The molecule has 0 radical (unpaired) electrons. The van der Waals surface area contributed by atoms with Crippen molar-refractivity contribution in [3.05, 3.63) is 29.6 Å². The number of aromatic nitrogens is 1. The van der Waals surface area contributed by atoms with Gasteiger partial charge in [0.15, 0.2) is 0 Å². The van der Waals surface area contributed by atoms with Gasteiger partial charge in [0.05, 0.1) is 13.2 Å². The van der Waals surface area contributed by atoms with Crippen molar-refractivity contribution in [2.24, 2.45) is 0 Å². The monoisotopic (exact) mass is 347 g/mol. The van der Waals surface area contributed by atoms with Crippen molar-refractivity contribution in [2.45, 2.75) is 12.2 Å². The van der Waals surface area contributed by atoms with Gasteiger partial charge in [-0.3, -0.25) is 9.69 Å². The number of alkyl halides is 3. The molecule has 0 aliphatic carbocycles. The Hall–Kier alpha value is -2.20. The second-order valence-electron chi connectivity index (χ2n) is 5.13. The van der Waals surface area contributed by atoms with Crippen LogP contribution in [0.4, 0.5) is 13.2 Å². The molecule has 2 heterocycles. The fourth-order valence-corrected chi connectivity index (χ4v) is 2.30. The Labute approximate surface area is 135 Å². The minimum Gasteiger partial charge on any atom is -0.477 e. The topological polar surface area (TPSA) is 91.8 Å². The van der Waals surface area contributed by atoms with E-state index in [0.29, 0.717) is 0 Å². The van der Waals surface area contributed by atoms with Crippen LogP contribution < -0.4 is 5.32 Å². The normalized spacial score (nSPS) is 17.3. The molecule has 1 aliphatic rings. The summed E-state index contributed by atoms with van der Waals surface area (Å²) in [6.07, 6.45) is -4.51. The molecule has 1 unspecified atom stereocenters. The Balaban J connectivity index is 2.04. The van der Waals surface area contributed by atoms with E-state index in [0.717, 1.165) is 0 Å². The van der Waals surface area contributed by atoms with Crippen LogP contribution >= 0.6 is 0 Å². The van der Waals surface area contributed by atoms with Crippen molar-refractivity contribution in [1.82, 2.24) is 15.2 Å². The first kappa shape index (κ1) is 18.1. The molecule has 10 heteroatoms. The average molecular weight is 347 g/mol. The summed E-state index contributed by atoms with van der Waals surface area (Å²) in [5.41, 5.74) is -0.610. The summed E-state index contributed by atoms with van der Waals surface area (Å²) < 4.78 is 44.6. The molecule has 1 aliphatic heterocycles. The standard InChI is InChI=1S/C14H16F3N3O4/c15-14(16,17)11(20-4-6-24-7-5-20)8-18-12(21)9-2-1-3-10(19-9)13(22)23/h1-3,11H,4-8H2,(H,18,21)(H,22,23). The number of rotatable bonds is 5. The maximum atomic E-state index is 13.2. The highest BCUT2D eigenvalue weighted by atomic mass is 19.4. The number of carboxylic acid groups (broad SMARTS) is 1. The zero-order chi connectivity index (χ0) is 17.7. The summed E-state index contributed by atoms with van der Waals surface area (Å²) in [5, 5.41) is 11.0. The smallest absolute Gasteiger partial charge is 0.405 e. The van der Waals surface area contributed by atoms with Crippen LogP contribution in [0.1, 0.15) is 21.0 Å². The third kappa shape index (κ3) is 4.65. The quantitative estimate of drug-likeness (QED) is 0.818. The lowest BCUT2D eigenvalue weighted by molar-refractivity contribution is -0.189. The van der Waals surface area contributed by atoms with Crippen molar-refractivity contribution in [2.75, 3.05) is 32.8 Å². The first-order valence-electron chi connectivity index (χ1n) is 7.16. The molecule has 132 valence electrons. The zero-order valence-electron chi connectivity index (χ0n) is 12.5. The number of ether oxygens (including phenoxy) is 1. The third-order valence-corrected chi connectivity index (χ3v) is 3.52. The highest BCUT2D eigenvalue weighted by Gasteiger charge is 2.44. The van der Waals surface area contributed by atoms with Gasteiger partial charge in [-0.15, -0.1) is 0 Å². The fourth-order valence-electron chi connectivity index (χ4n) is 2.30. The largest absolute Gasteiger partial charge is 0.477 e. The molecular weight excluding hydrogens is 331 g/mol. The second kappa shape index (κ2) is 7.58. The third-order valence-electron chi connectivity index (χ3n) is 3.52. The molecule has 24 heavy (non-hydrogen) atoms. The molecular formula is C14H16F3N3O4. The first-order valence-corrected chi connectivity index (χ1v) is 7.16. The minimum atomic E-state index is -4.51. The summed E-state index contributed by atoms with van der Waals surface area (Å²) in [5.74, 6) is -2.19. The molecule has 1 fully saturated rings. The van der Waals surface area contributed by atoms with Gasteiger partial charge in [-0.1, -0.05) is 6.07 Å². The number of hydrogen-bond donors (Lipinski definition) is 2. The van der Waals surface area contributed by atoms with Gasteiger partial charge in [0, 0.05) is 19.6 Å². The van der Waals surface area contributed by atoms with E-state index in [9.17, 15) is 22.8 Å². The fraction of sp³-hybridized carbons (Fsp3) is 0.500. The van der Waals surface area contributed by atoms with Crippen molar-refractivity contribution >= 4 is 11.9 Å². The Morgan fingerprint density at radius 1 is 1.29 bits per heavy atom. The van der Waals surface area contributed by atoms with Crippen LogP contribution in [0.2, 0.25) is 0 Å². The minimum absolute atomic E-state index is 0.118. The highest BCUT2D eigenvalue weighted by molar-refractivity contribution is 5.94. The summed E-state index contributed by atoms with van der Waals surface area (Å²) in [4.78, 5) is 27.6. The van der Waals surface area contributed by atoms with Gasteiger partial charge in [-0.05, 0) is 12.1 Å². The van der Waals surface area contributed by atoms with Crippen LogP contribution in [0.15, 0.2) is 18.2 Å². The van der Waals surface area contributed by atoms with Crippen molar-refractivity contribution in [1.29, 1.82) is 0 Å². The molecule has 2 N–H and O–H groups in total. The molecule has 1 saturated heterocycles. The van der Waals surface area contributed by atoms with Gasteiger partial charge in [0.1, 0.15) is 17.4 Å². The van der Waals surface area contributed by atoms with Crippen LogP contribution in [0.25, 0.3) is 0 Å². The highest BCUT2D eigenvalue weighted by Crippen LogP contribution is 2.25. The van der Waals surface area contributed by atoms with E-state index in [4.69, 9.17) is 9.84 Å². The second-order valence-corrected chi connectivity index (χ2v) is 5.13. The number of pyridine rings is 1. The molecule has 0 spiro atoms. The lowest BCUT2D eigenvalue weighted by Gasteiger charge is -2.35. The average Bonchev–Trinajstić information content (AvgIpc) is 2.54. The van der Waals surface area contributed by atoms with Crippen molar-refractivity contribution < 1.29 is 32.6 Å². The number of hydrogen-bond acceptors (Lipinski definition) is 5. The van der Waals surface area contributed by atoms with Crippen LogP contribution in [0, 0.1) is 0 Å². The Bertz CT molecular complexity index is 603. The molecule has 0 saturated carbocycles. The zero-order valence-corrected chi connectivity index (χ0v) is 12.5. The Kier molecular flexibility index (Phi) is 5.73. The molecule has 0 bridgehead atoms. The SMILES string of the molecule is O=C(O)c1cccc(C(=O)NCC(N2CCOCC2)C(F)(F)F)n1. The van der Waals surface area contributed by atoms with Gasteiger partial charge >= 0.3 is 12.1 Å². The van der Waals surface area contributed by atoms with Crippen LogP contribution in [0.3, 0.4) is 0 Å².